The summed E-state index contributed by atoms with van der Waals surface area (Å²) in [6, 6.07) is 12.1. The molecule has 1 atom stereocenters. The molecule has 8 nitrogen and oxygen atoms in total. The van der Waals surface area contributed by atoms with Gasteiger partial charge in [0.1, 0.15) is 0 Å². The summed E-state index contributed by atoms with van der Waals surface area (Å²) >= 11 is 0.750. The fraction of sp³-hybridized carbons (Fsp3) is 0.571. The fourth-order valence-electron chi connectivity index (χ4n) is 4.29. The zero-order valence-corrected chi connectivity index (χ0v) is 28.8. The third-order valence-corrected chi connectivity index (χ3v) is 7.07. The molecule has 0 heterocycles. The van der Waals surface area contributed by atoms with E-state index in [2.05, 4.69) is 34.0 Å². The molecule has 6 N–H and O–H groups in total. The van der Waals surface area contributed by atoms with Crippen LogP contribution in [-0.2, 0) is 28.5 Å². The average Bonchev–Trinajstić information content (AvgIpc) is 2.99. The second-order valence-corrected chi connectivity index (χ2v) is 11.7. The number of carbonyl (C=O) groups excluding carboxylic acids is 1. The molecule has 0 spiro atoms. The van der Waals surface area contributed by atoms with Crippen molar-refractivity contribution < 1.29 is 48.3 Å². The first-order chi connectivity index (χ1) is 21.0. The molecule has 44 heavy (non-hydrogen) atoms. The van der Waals surface area contributed by atoms with E-state index < -0.39 is 11.9 Å². The van der Waals surface area contributed by atoms with Crippen molar-refractivity contribution >= 4 is 29.6 Å². The standard InChI is InChI=1S/C21H41O.2C7H7NO2.O.Ti/c1-19(2)16-14-12-10-8-6-5-7-9-11-13-15-17-21(18-22)20(3)4;2*8-6-3-1-5(2-4-6)7(9)10;;/h19-21H,5-17H2,1-4H3;2*1-4H,8H2,(H,9,10);;/q-1;;;;+1. The molecule has 0 aliphatic heterocycles. The molecular weight excluding hydrogens is 592 g/mol. The van der Waals surface area contributed by atoms with Crippen LogP contribution >= 0.6 is 0 Å². The molecule has 0 fully saturated rings. The third-order valence-electron chi connectivity index (χ3n) is 7.07. The van der Waals surface area contributed by atoms with Crippen molar-refractivity contribution in [3.63, 3.8) is 0 Å². The average molecular weight is 648 g/mol. The van der Waals surface area contributed by atoms with Gasteiger partial charge in [-0.25, -0.2) is 9.59 Å². The number of carboxylic acid groups (broad SMARTS) is 2. The van der Waals surface area contributed by atoms with Gasteiger partial charge in [-0.3, -0.25) is 6.29 Å². The van der Waals surface area contributed by atoms with Gasteiger partial charge in [0.2, 0.25) is 0 Å². The first-order valence-corrected chi connectivity index (χ1v) is 16.4. The van der Waals surface area contributed by atoms with E-state index in [1.54, 1.807) is 24.3 Å². The van der Waals surface area contributed by atoms with Gasteiger partial charge in [0, 0.05) is 11.4 Å². The van der Waals surface area contributed by atoms with Crippen molar-refractivity contribution in [3.8, 4) is 0 Å². The Morgan fingerprint density at radius 3 is 1.16 bits per heavy atom. The molecule has 0 saturated carbocycles. The van der Waals surface area contributed by atoms with Gasteiger partial charge < -0.3 is 26.5 Å². The number of carbonyl (C=O) groups is 2. The van der Waals surface area contributed by atoms with Crippen LogP contribution in [0.25, 0.3) is 0 Å². The Labute approximate surface area is 277 Å². The quantitative estimate of drug-likeness (QED) is 0.0540. The Bertz CT molecular complexity index is 942. The van der Waals surface area contributed by atoms with Crippen molar-refractivity contribution in [2.75, 3.05) is 11.5 Å². The van der Waals surface area contributed by atoms with Crippen molar-refractivity contribution in [2.24, 2.45) is 17.8 Å². The van der Waals surface area contributed by atoms with E-state index in [0.29, 0.717) is 17.3 Å². The van der Waals surface area contributed by atoms with E-state index in [0.717, 1.165) is 32.7 Å². The summed E-state index contributed by atoms with van der Waals surface area (Å²) in [5, 5.41) is 16.9. The summed E-state index contributed by atoms with van der Waals surface area (Å²) < 4.78 is 8.25. The number of hydrogen-bond donors (Lipinski definition) is 4. The first kappa shape index (κ1) is 43.3. The molecule has 2 rings (SSSR count). The van der Waals surface area contributed by atoms with Crippen LogP contribution < -0.4 is 11.5 Å². The molecule has 1 unspecified atom stereocenters. The van der Waals surface area contributed by atoms with Crippen molar-refractivity contribution in [1.29, 1.82) is 0 Å². The number of unbranched alkanes of at least 4 members (excludes halogenated alkanes) is 10. The Balaban J connectivity index is 0. The van der Waals surface area contributed by atoms with E-state index in [1.807, 2.05) is 0 Å². The van der Waals surface area contributed by atoms with Gasteiger partial charge in [-0.2, -0.15) is 0 Å². The minimum atomic E-state index is -0.931. The number of carboxylic acids is 2. The number of nitrogens with two attached hydrogens (primary N) is 2. The van der Waals surface area contributed by atoms with Crippen LogP contribution in [-0.4, -0.2) is 28.4 Å². The molecule has 2 aromatic rings. The second-order valence-electron chi connectivity index (χ2n) is 11.7. The molecule has 0 aliphatic rings. The van der Waals surface area contributed by atoms with Crippen LogP contribution in [0.3, 0.4) is 0 Å². The summed E-state index contributed by atoms with van der Waals surface area (Å²) in [6.45, 7) is 8.89. The summed E-state index contributed by atoms with van der Waals surface area (Å²) in [7, 11) is 0. The van der Waals surface area contributed by atoms with Crippen LogP contribution in [0.4, 0.5) is 11.4 Å². The van der Waals surface area contributed by atoms with E-state index >= 15 is 0 Å². The first-order valence-electron chi connectivity index (χ1n) is 15.7. The Morgan fingerprint density at radius 2 is 0.909 bits per heavy atom. The van der Waals surface area contributed by atoms with Crippen LogP contribution in [0.15, 0.2) is 48.5 Å². The SMILES string of the molecule is CC(C)CCCCCCCCCCCCCC([C-]=O)C(C)C.Nc1ccc(C(=O)O)cc1.Nc1ccc(C(=O)O)cc1.[O]=[Ti+]. The number of rotatable bonds is 18. The second kappa shape index (κ2) is 28.9. The molecule has 0 saturated heterocycles. The molecular formula is C35H55N2O6Ti. The number of benzene rings is 2. The zero-order chi connectivity index (χ0) is 33.8. The van der Waals surface area contributed by atoms with Gasteiger partial charge in [-0.05, 0) is 54.4 Å². The zero-order valence-electron chi connectivity index (χ0n) is 27.2. The van der Waals surface area contributed by atoms with E-state index in [9.17, 15) is 14.4 Å². The van der Waals surface area contributed by atoms with Gasteiger partial charge in [-0.15, -0.1) is 5.92 Å². The predicted octanol–water partition coefficient (Wildman–Crippen LogP) is 8.91. The molecule has 0 aromatic heterocycles. The number of aromatic carboxylic acids is 2. The van der Waals surface area contributed by atoms with E-state index in [4.69, 9.17) is 25.0 Å². The van der Waals surface area contributed by atoms with Crippen LogP contribution in [0.5, 0.6) is 0 Å². The predicted molar refractivity (Wildman–Crippen MR) is 175 cm³/mol. The Morgan fingerprint density at radius 1 is 0.614 bits per heavy atom. The number of nitrogen functional groups attached to an aromatic ring is 2. The fourth-order valence-corrected chi connectivity index (χ4v) is 4.29. The topological polar surface area (TPSA) is 161 Å². The summed E-state index contributed by atoms with van der Waals surface area (Å²) in [5.41, 5.74) is 12.3. The van der Waals surface area contributed by atoms with Crippen molar-refractivity contribution in [3.05, 3.63) is 59.7 Å². The van der Waals surface area contributed by atoms with Crippen LogP contribution in [0.1, 0.15) is 132 Å². The maximum atomic E-state index is 10.8. The van der Waals surface area contributed by atoms with Crippen molar-refractivity contribution in [1.82, 2.24) is 0 Å². The Hall–Kier alpha value is -2.84. The Kier molecular flexibility index (Phi) is 28.4. The number of hydrogen-bond acceptors (Lipinski definition) is 6. The van der Waals surface area contributed by atoms with Gasteiger partial charge >= 0.3 is 35.7 Å². The summed E-state index contributed by atoms with van der Waals surface area (Å²) in [6.07, 6.45) is 19.8. The molecule has 2 aromatic carbocycles. The monoisotopic (exact) mass is 647 g/mol. The molecule has 0 radical (unpaired) electrons. The van der Waals surface area contributed by atoms with Gasteiger partial charge in [-0.1, -0.05) is 117 Å². The third kappa shape index (κ3) is 25.6. The summed E-state index contributed by atoms with van der Waals surface area (Å²) in [4.78, 5) is 31.3. The van der Waals surface area contributed by atoms with Gasteiger partial charge in [0.15, 0.2) is 0 Å². The molecule has 0 bridgehead atoms. The van der Waals surface area contributed by atoms with Crippen LogP contribution in [0.2, 0.25) is 0 Å². The van der Waals surface area contributed by atoms with E-state index in [1.165, 1.54) is 101 Å². The molecule has 0 amide bonds. The molecule has 0 aliphatic carbocycles. The van der Waals surface area contributed by atoms with Crippen molar-refractivity contribution in [2.45, 2.75) is 111 Å². The maximum absolute atomic E-state index is 10.8. The molecule has 9 heteroatoms. The normalized spacial score (nSPS) is 10.8. The van der Waals surface area contributed by atoms with Crippen LogP contribution in [0, 0.1) is 17.8 Å². The van der Waals surface area contributed by atoms with Gasteiger partial charge in [0.25, 0.3) is 0 Å². The summed E-state index contributed by atoms with van der Waals surface area (Å²) in [5.74, 6) is -0.367. The van der Waals surface area contributed by atoms with E-state index in [-0.39, 0.29) is 17.0 Å². The minimum absolute atomic E-state index is 0.163. The number of anilines is 2. The van der Waals surface area contributed by atoms with Gasteiger partial charge in [0.05, 0.1) is 11.1 Å². The molecule has 245 valence electrons.